The molecule has 0 aliphatic heterocycles. The summed E-state index contributed by atoms with van der Waals surface area (Å²) in [7, 11) is 0. The third-order valence-electron chi connectivity index (χ3n) is 2.30. The smallest absolute Gasteiger partial charge is 0.188 e. The normalized spacial score (nSPS) is 12.1. The van der Waals surface area contributed by atoms with Gasteiger partial charge in [0.25, 0.3) is 0 Å². The number of carbonyl (C=O) groups is 1. The van der Waals surface area contributed by atoms with Crippen molar-refractivity contribution in [2.45, 2.75) is 19.9 Å². The maximum Gasteiger partial charge on any atom is 0.188 e. The van der Waals surface area contributed by atoms with Crippen molar-refractivity contribution in [3.63, 3.8) is 0 Å². The highest BCUT2D eigenvalue weighted by atomic mass is 35.5. The molecule has 0 aliphatic carbocycles. The maximum atomic E-state index is 12.2. The zero-order valence-electron chi connectivity index (χ0n) is 9.41. The van der Waals surface area contributed by atoms with E-state index in [0.717, 1.165) is 0 Å². The number of nitrogens with zero attached hydrogens (tertiary/aromatic N) is 1. The second-order valence-electron chi connectivity index (χ2n) is 3.90. The van der Waals surface area contributed by atoms with E-state index in [9.17, 15) is 4.79 Å². The summed E-state index contributed by atoms with van der Waals surface area (Å²) in [6.07, 6.45) is 0. The summed E-state index contributed by atoms with van der Waals surface area (Å²) in [4.78, 5) is 16.0. The molecular formula is C12H11Cl2NOS. The van der Waals surface area contributed by atoms with Gasteiger partial charge < -0.3 is 0 Å². The second kappa shape index (κ2) is 6.27. The fourth-order valence-electron chi connectivity index (χ4n) is 1.39. The molecule has 1 unspecified atom stereocenters. The largest absolute Gasteiger partial charge is 0.292 e. The Morgan fingerprint density at radius 2 is 2.00 bits per heavy atom. The van der Waals surface area contributed by atoms with Crippen molar-refractivity contribution < 1.29 is 4.79 Å². The lowest BCUT2D eigenvalue weighted by atomic mass is 9.96. The monoisotopic (exact) mass is 287 g/mol. The molecule has 1 aromatic rings. The molecule has 0 radical (unpaired) electrons. The highest BCUT2D eigenvalue weighted by Crippen LogP contribution is 2.24. The summed E-state index contributed by atoms with van der Waals surface area (Å²) < 4.78 is 0. The van der Waals surface area contributed by atoms with Crippen molar-refractivity contribution in [1.29, 1.82) is 0 Å². The molecule has 17 heavy (non-hydrogen) atoms. The molecule has 1 atom stereocenters. The summed E-state index contributed by atoms with van der Waals surface area (Å²) in [6, 6.07) is 4.24. The van der Waals surface area contributed by atoms with Crippen LogP contribution in [0.15, 0.2) is 23.2 Å². The highest BCUT2D eigenvalue weighted by Gasteiger charge is 2.22. The van der Waals surface area contributed by atoms with Gasteiger partial charge >= 0.3 is 0 Å². The molecule has 0 aliphatic rings. The van der Waals surface area contributed by atoms with Crippen LogP contribution in [-0.2, 0) is 0 Å². The van der Waals surface area contributed by atoms with Crippen LogP contribution < -0.4 is 0 Å². The van der Waals surface area contributed by atoms with Gasteiger partial charge in [-0.3, -0.25) is 4.79 Å². The van der Waals surface area contributed by atoms with Crippen LogP contribution >= 0.6 is 35.4 Å². The highest BCUT2D eigenvalue weighted by molar-refractivity contribution is 7.78. The van der Waals surface area contributed by atoms with Crippen molar-refractivity contribution in [2.75, 3.05) is 0 Å². The Labute approximate surface area is 116 Å². The van der Waals surface area contributed by atoms with E-state index < -0.39 is 6.04 Å². The van der Waals surface area contributed by atoms with Crippen LogP contribution in [0.3, 0.4) is 0 Å². The summed E-state index contributed by atoms with van der Waals surface area (Å²) in [6.45, 7) is 3.80. The van der Waals surface area contributed by atoms with Crippen LogP contribution in [0, 0.1) is 5.92 Å². The Hall–Kier alpha value is -0.730. The fourth-order valence-corrected chi connectivity index (χ4v) is 1.80. The predicted molar refractivity (Wildman–Crippen MR) is 74.4 cm³/mol. The van der Waals surface area contributed by atoms with Gasteiger partial charge in [0.2, 0.25) is 0 Å². The van der Waals surface area contributed by atoms with Gasteiger partial charge in [0.15, 0.2) is 5.78 Å². The molecule has 0 aromatic heterocycles. The quantitative estimate of drug-likeness (QED) is 0.469. The number of hydrogen-bond donors (Lipinski definition) is 0. The van der Waals surface area contributed by atoms with Gasteiger partial charge in [-0.2, -0.15) is 0 Å². The van der Waals surface area contributed by atoms with E-state index in [1.54, 1.807) is 18.2 Å². The first-order chi connectivity index (χ1) is 7.97. The number of ketones is 1. The predicted octanol–water partition coefficient (Wildman–Crippen LogP) is 4.30. The van der Waals surface area contributed by atoms with Crippen molar-refractivity contribution >= 4 is 46.4 Å². The summed E-state index contributed by atoms with van der Waals surface area (Å²) >= 11 is 16.2. The molecule has 1 rings (SSSR count). The van der Waals surface area contributed by atoms with Crippen LogP contribution in [0.2, 0.25) is 10.0 Å². The first-order valence-corrected chi connectivity index (χ1v) is 6.20. The number of aliphatic imine (C=N–C) groups is 1. The van der Waals surface area contributed by atoms with Crippen LogP contribution in [-0.4, -0.2) is 17.0 Å². The second-order valence-corrected chi connectivity index (χ2v) is 4.90. The molecule has 2 nitrogen and oxygen atoms in total. The molecule has 90 valence electrons. The topological polar surface area (TPSA) is 29.4 Å². The minimum Gasteiger partial charge on any atom is -0.292 e. The average Bonchev–Trinajstić information content (AvgIpc) is 2.28. The SMILES string of the molecule is CC(C)C(N=C=S)C(=O)c1ccc(Cl)c(Cl)c1. The van der Waals surface area contributed by atoms with E-state index >= 15 is 0 Å². The lowest BCUT2D eigenvalue weighted by Gasteiger charge is -2.13. The third-order valence-corrected chi connectivity index (χ3v) is 3.14. The van der Waals surface area contributed by atoms with Crippen molar-refractivity contribution in [3.05, 3.63) is 33.8 Å². The first kappa shape index (κ1) is 14.3. The van der Waals surface area contributed by atoms with Crippen LogP contribution in [0.1, 0.15) is 24.2 Å². The van der Waals surface area contributed by atoms with Crippen LogP contribution in [0.4, 0.5) is 0 Å². The Morgan fingerprint density at radius 3 is 2.47 bits per heavy atom. The number of hydrogen-bond acceptors (Lipinski definition) is 3. The van der Waals surface area contributed by atoms with Gasteiger partial charge in [0.1, 0.15) is 6.04 Å². The van der Waals surface area contributed by atoms with Crippen molar-refractivity contribution in [2.24, 2.45) is 10.9 Å². The first-order valence-electron chi connectivity index (χ1n) is 5.03. The molecule has 0 saturated heterocycles. The van der Waals surface area contributed by atoms with E-state index in [0.29, 0.717) is 15.6 Å². The molecule has 0 saturated carbocycles. The molecule has 0 heterocycles. The zero-order chi connectivity index (χ0) is 13.0. The molecular weight excluding hydrogens is 277 g/mol. The minimum absolute atomic E-state index is 0.0485. The van der Waals surface area contributed by atoms with E-state index in [1.807, 2.05) is 13.8 Å². The molecule has 0 amide bonds. The van der Waals surface area contributed by atoms with Gasteiger partial charge in [0.05, 0.1) is 15.2 Å². The average molecular weight is 288 g/mol. The lowest BCUT2D eigenvalue weighted by Crippen LogP contribution is -2.24. The Bertz CT molecular complexity index is 481. The minimum atomic E-state index is -0.523. The molecule has 0 N–H and O–H groups in total. The van der Waals surface area contributed by atoms with Gasteiger partial charge in [-0.25, -0.2) is 4.99 Å². The molecule has 0 fully saturated rings. The van der Waals surface area contributed by atoms with E-state index in [-0.39, 0.29) is 11.7 Å². The number of Topliss-reactive ketones (excluding diaryl/α,β-unsaturated/α-hetero) is 1. The van der Waals surface area contributed by atoms with E-state index in [1.165, 1.54) is 0 Å². The molecule has 0 spiro atoms. The molecule has 5 heteroatoms. The third kappa shape index (κ3) is 3.62. The Morgan fingerprint density at radius 1 is 1.35 bits per heavy atom. The van der Waals surface area contributed by atoms with Gasteiger partial charge in [-0.05, 0) is 36.3 Å². The lowest BCUT2D eigenvalue weighted by molar-refractivity contribution is 0.0942. The summed E-state index contributed by atoms with van der Waals surface area (Å²) in [5.74, 6) is -0.0803. The number of isothiocyanates is 1. The van der Waals surface area contributed by atoms with Gasteiger partial charge in [0, 0.05) is 5.56 Å². The van der Waals surface area contributed by atoms with Crippen molar-refractivity contribution in [1.82, 2.24) is 0 Å². The number of thiocarbonyl (C=S) groups is 1. The van der Waals surface area contributed by atoms with Crippen LogP contribution in [0.25, 0.3) is 0 Å². The summed E-state index contributed by atoms with van der Waals surface area (Å²) in [5.41, 5.74) is 0.479. The standard InChI is InChI=1S/C12H11Cl2NOS/c1-7(2)11(15-6-17)12(16)8-3-4-9(13)10(14)5-8/h3-5,7,11H,1-2H3. The Balaban J connectivity index is 3.09. The summed E-state index contributed by atoms with van der Waals surface area (Å²) in [5, 5.41) is 3.03. The number of rotatable bonds is 4. The van der Waals surface area contributed by atoms with Crippen molar-refractivity contribution in [3.8, 4) is 0 Å². The molecule has 0 bridgehead atoms. The number of halogens is 2. The zero-order valence-corrected chi connectivity index (χ0v) is 11.7. The number of benzene rings is 1. The fraction of sp³-hybridized carbons (Fsp3) is 0.333. The maximum absolute atomic E-state index is 12.2. The number of carbonyl (C=O) groups excluding carboxylic acids is 1. The van der Waals surface area contributed by atoms with Gasteiger partial charge in [-0.1, -0.05) is 37.0 Å². The Kier molecular flexibility index (Phi) is 5.29. The van der Waals surface area contributed by atoms with E-state index in [4.69, 9.17) is 23.2 Å². The van der Waals surface area contributed by atoms with Crippen LogP contribution in [0.5, 0.6) is 0 Å². The van der Waals surface area contributed by atoms with E-state index in [2.05, 4.69) is 22.4 Å². The molecule has 1 aromatic carbocycles. The van der Waals surface area contributed by atoms with Gasteiger partial charge in [-0.15, -0.1) is 0 Å².